The van der Waals surface area contributed by atoms with Crippen molar-refractivity contribution in [2.24, 2.45) is 5.41 Å². The van der Waals surface area contributed by atoms with Crippen LogP contribution in [0.5, 0.6) is 0 Å². The second kappa shape index (κ2) is 4.19. The van der Waals surface area contributed by atoms with Gasteiger partial charge in [-0.25, -0.2) is 0 Å². The molecule has 1 aromatic carbocycles. The number of carbonyl (C=O) groups is 1. The number of aliphatic hydroxyl groups is 1. The Kier molecular flexibility index (Phi) is 3.04. The number of rotatable bonds is 2. The highest BCUT2D eigenvalue weighted by Gasteiger charge is 2.43. The van der Waals surface area contributed by atoms with E-state index in [1.54, 1.807) is 24.3 Å². The van der Waals surface area contributed by atoms with Crippen LogP contribution < -0.4 is 0 Å². The lowest BCUT2D eigenvalue weighted by molar-refractivity contribution is -0.131. The minimum absolute atomic E-state index is 0.162. The third-order valence-corrected chi connectivity index (χ3v) is 3.78. The monoisotopic (exact) mass is 238 g/mol. The molecule has 0 aliphatic heterocycles. The highest BCUT2D eigenvalue weighted by atomic mass is 35.5. The summed E-state index contributed by atoms with van der Waals surface area (Å²) < 4.78 is 0. The van der Waals surface area contributed by atoms with Crippen LogP contribution in [0.4, 0.5) is 0 Å². The van der Waals surface area contributed by atoms with Gasteiger partial charge in [-0.3, -0.25) is 4.79 Å². The molecule has 86 valence electrons. The summed E-state index contributed by atoms with van der Waals surface area (Å²) in [4.78, 5) is 11.8. The van der Waals surface area contributed by atoms with Crippen molar-refractivity contribution in [3.8, 4) is 0 Å². The van der Waals surface area contributed by atoms with Crippen LogP contribution in [0.2, 0.25) is 5.02 Å². The molecule has 2 rings (SSSR count). The minimum atomic E-state index is -0.722. The van der Waals surface area contributed by atoms with Crippen LogP contribution in [0, 0.1) is 5.41 Å². The first-order valence-electron chi connectivity index (χ1n) is 5.51. The van der Waals surface area contributed by atoms with E-state index in [1.807, 2.05) is 6.92 Å². The number of carbonyl (C=O) groups excluding carboxylic acids is 1. The van der Waals surface area contributed by atoms with E-state index in [1.165, 1.54) is 0 Å². The molecule has 1 saturated carbocycles. The van der Waals surface area contributed by atoms with Gasteiger partial charge in [-0.15, -0.1) is 0 Å². The van der Waals surface area contributed by atoms with Gasteiger partial charge in [0.1, 0.15) is 5.78 Å². The van der Waals surface area contributed by atoms with Crippen molar-refractivity contribution < 1.29 is 9.90 Å². The summed E-state index contributed by atoms with van der Waals surface area (Å²) in [5.74, 6) is 0.162. The summed E-state index contributed by atoms with van der Waals surface area (Å²) in [6.45, 7) is 1.85. The second-order valence-corrected chi connectivity index (χ2v) is 5.08. The van der Waals surface area contributed by atoms with E-state index in [-0.39, 0.29) is 5.78 Å². The fraction of sp³-hybridized carbons (Fsp3) is 0.462. The maximum Gasteiger partial charge on any atom is 0.141 e. The van der Waals surface area contributed by atoms with Crippen LogP contribution in [-0.2, 0) is 4.79 Å². The second-order valence-electron chi connectivity index (χ2n) is 4.65. The first-order valence-corrected chi connectivity index (χ1v) is 5.89. The van der Waals surface area contributed by atoms with Gasteiger partial charge in [0, 0.05) is 11.4 Å². The molecule has 0 spiro atoms. The molecule has 1 N–H and O–H groups in total. The predicted molar refractivity (Wildman–Crippen MR) is 63.4 cm³/mol. The highest BCUT2D eigenvalue weighted by Crippen LogP contribution is 2.44. The van der Waals surface area contributed by atoms with Gasteiger partial charge in [-0.1, -0.05) is 23.7 Å². The lowest BCUT2D eigenvalue weighted by Gasteiger charge is -2.28. The van der Waals surface area contributed by atoms with E-state index in [9.17, 15) is 9.90 Å². The Morgan fingerprint density at radius 1 is 1.38 bits per heavy atom. The lowest BCUT2D eigenvalue weighted by atomic mass is 9.78. The largest absolute Gasteiger partial charge is 0.387 e. The quantitative estimate of drug-likeness (QED) is 0.860. The number of ketones is 1. The van der Waals surface area contributed by atoms with E-state index < -0.39 is 11.5 Å². The average Bonchev–Trinajstić information content (AvgIpc) is 2.61. The molecule has 1 unspecified atom stereocenters. The Hall–Kier alpha value is -0.860. The zero-order chi connectivity index (χ0) is 11.8. The van der Waals surface area contributed by atoms with Crippen molar-refractivity contribution in [2.45, 2.75) is 32.3 Å². The number of aliphatic hydroxyl groups excluding tert-OH is 1. The molecule has 1 aromatic rings. The molecule has 1 aliphatic rings. The third-order valence-electron chi connectivity index (χ3n) is 3.53. The molecule has 0 aromatic heterocycles. The zero-order valence-electron chi connectivity index (χ0n) is 9.24. The van der Waals surface area contributed by atoms with Gasteiger partial charge in [0.25, 0.3) is 0 Å². The maximum absolute atomic E-state index is 11.8. The van der Waals surface area contributed by atoms with Gasteiger partial charge >= 0.3 is 0 Å². The number of Topliss-reactive ketones (excluding diaryl/α,β-unsaturated/α-hetero) is 1. The van der Waals surface area contributed by atoms with Crippen molar-refractivity contribution >= 4 is 17.4 Å². The molecule has 1 fully saturated rings. The Morgan fingerprint density at radius 3 is 2.50 bits per heavy atom. The molecule has 3 heteroatoms. The number of hydrogen-bond acceptors (Lipinski definition) is 2. The Morgan fingerprint density at radius 2 is 2.00 bits per heavy atom. The number of benzene rings is 1. The summed E-state index contributed by atoms with van der Waals surface area (Å²) in [5.41, 5.74) is 0.149. The maximum atomic E-state index is 11.8. The van der Waals surface area contributed by atoms with Gasteiger partial charge in [-0.2, -0.15) is 0 Å². The van der Waals surface area contributed by atoms with Crippen LogP contribution in [0.3, 0.4) is 0 Å². The minimum Gasteiger partial charge on any atom is -0.387 e. The van der Waals surface area contributed by atoms with Crippen LogP contribution in [0.1, 0.15) is 37.9 Å². The molecule has 16 heavy (non-hydrogen) atoms. The molecular formula is C13H15ClO2. The van der Waals surface area contributed by atoms with Gasteiger partial charge in [0.05, 0.1) is 11.5 Å². The smallest absolute Gasteiger partial charge is 0.141 e. The predicted octanol–water partition coefficient (Wildman–Crippen LogP) is 3.13. The van der Waals surface area contributed by atoms with Crippen LogP contribution >= 0.6 is 11.6 Å². The average molecular weight is 239 g/mol. The van der Waals surface area contributed by atoms with Crippen molar-refractivity contribution in [2.75, 3.05) is 0 Å². The topological polar surface area (TPSA) is 37.3 Å². The van der Waals surface area contributed by atoms with Gasteiger partial charge in [-0.05, 0) is 37.5 Å². The van der Waals surface area contributed by atoms with Crippen LogP contribution in [0.25, 0.3) is 0 Å². The molecule has 2 atom stereocenters. The molecule has 1 aliphatic carbocycles. The van der Waals surface area contributed by atoms with Gasteiger partial charge < -0.3 is 5.11 Å². The molecule has 0 amide bonds. The summed E-state index contributed by atoms with van der Waals surface area (Å²) in [6, 6.07) is 7.04. The fourth-order valence-electron chi connectivity index (χ4n) is 2.34. The molecular weight excluding hydrogens is 224 g/mol. The van der Waals surface area contributed by atoms with Crippen molar-refractivity contribution in [1.29, 1.82) is 0 Å². The third kappa shape index (κ3) is 1.87. The summed E-state index contributed by atoms with van der Waals surface area (Å²) in [5, 5.41) is 10.9. The standard InChI is InChI=1S/C13H15ClO2/c1-13(8-2-3-11(13)15)12(16)9-4-6-10(14)7-5-9/h4-7,12,16H,2-3,8H2,1H3/t12?,13-/m1/s1. The van der Waals surface area contributed by atoms with E-state index >= 15 is 0 Å². The van der Waals surface area contributed by atoms with Gasteiger partial charge in [0.15, 0.2) is 0 Å². The Labute approximate surface area is 100 Å². The van der Waals surface area contributed by atoms with Crippen molar-refractivity contribution in [1.82, 2.24) is 0 Å². The lowest BCUT2D eigenvalue weighted by Crippen LogP contribution is -2.29. The van der Waals surface area contributed by atoms with E-state index in [0.29, 0.717) is 11.4 Å². The molecule has 0 heterocycles. The SMILES string of the molecule is C[C@@]1(C(O)c2ccc(Cl)cc2)CCCC1=O. The van der Waals surface area contributed by atoms with Crippen LogP contribution in [0.15, 0.2) is 24.3 Å². The van der Waals surface area contributed by atoms with Crippen LogP contribution in [-0.4, -0.2) is 10.9 Å². The number of halogens is 1. The molecule has 0 bridgehead atoms. The zero-order valence-corrected chi connectivity index (χ0v) is 10.00. The Bertz CT molecular complexity index is 399. The van der Waals surface area contributed by atoms with Crippen molar-refractivity contribution in [3.63, 3.8) is 0 Å². The molecule has 0 radical (unpaired) electrons. The normalized spacial score (nSPS) is 27.1. The summed E-state index contributed by atoms with van der Waals surface area (Å²) >= 11 is 5.79. The molecule has 0 saturated heterocycles. The first-order chi connectivity index (χ1) is 7.54. The summed E-state index contributed by atoms with van der Waals surface area (Å²) in [7, 11) is 0. The van der Waals surface area contributed by atoms with E-state index in [4.69, 9.17) is 11.6 Å². The van der Waals surface area contributed by atoms with Gasteiger partial charge in [0.2, 0.25) is 0 Å². The number of hydrogen-bond donors (Lipinski definition) is 1. The molecule has 2 nitrogen and oxygen atoms in total. The fourth-order valence-corrected chi connectivity index (χ4v) is 2.47. The summed E-state index contributed by atoms with van der Waals surface area (Å²) in [6.07, 6.45) is 1.50. The first kappa shape index (κ1) is 11.6. The van der Waals surface area contributed by atoms with E-state index in [2.05, 4.69) is 0 Å². The highest BCUT2D eigenvalue weighted by molar-refractivity contribution is 6.30. The van der Waals surface area contributed by atoms with E-state index in [0.717, 1.165) is 18.4 Å². The Balaban J connectivity index is 2.27. The van der Waals surface area contributed by atoms with Crippen molar-refractivity contribution in [3.05, 3.63) is 34.9 Å².